The highest BCUT2D eigenvalue weighted by Crippen LogP contribution is 2.33. The van der Waals surface area contributed by atoms with E-state index in [4.69, 9.17) is 10.00 Å². The number of nitrogens with zero attached hydrogens (tertiary/aromatic N) is 2. The van der Waals surface area contributed by atoms with Crippen LogP contribution in [0, 0.1) is 18.3 Å². The third-order valence-electron chi connectivity index (χ3n) is 3.29. The summed E-state index contributed by atoms with van der Waals surface area (Å²) < 4.78 is 43.1. The van der Waals surface area contributed by atoms with Crippen LogP contribution in [0.15, 0.2) is 36.5 Å². The molecule has 1 aromatic carbocycles. The summed E-state index contributed by atoms with van der Waals surface area (Å²) in [5.74, 6) is 0.426. The van der Waals surface area contributed by atoms with Crippen molar-refractivity contribution in [1.29, 1.82) is 5.26 Å². The number of pyridine rings is 1. The number of aromatic amines is 1. The Bertz CT molecular complexity index is 905. The minimum atomic E-state index is -4.44. The lowest BCUT2D eigenvalue weighted by Crippen LogP contribution is -2.05. The molecule has 0 radical (unpaired) electrons. The third kappa shape index (κ3) is 2.83. The smallest absolute Gasteiger partial charge is 0.417 e. The van der Waals surface area contributed by atoms with E-state index >= 15 is 0 Å². The summed E-state index contributed by atoms with van der Waals surface area (Å²) in [6, 6.07) is 9.12. The molecule has 0 bridgehead atoms. The van der Waals surface area contributed by atoms with Crippen LogP contribution in [0.3, 0.4) is 0 Å². The van der Waals surface area contributed by atoms with Crippen LogP contribution in [0.2, 0.25) is 0 Å². The van der Waals surface area contributed by atoms with Crippen molar-refractivity contribution >= 4 is 10.9 Å². The first-order chi connectivity index (χ1) is 10.9. The van der Waals surface area contributed by atoms with Crippen molar-refractivity contribution in [2.24, 2.45) is 0 Å². The van der Waals surface area contributed by atoms with Crippen molar-refractivity contribution in [2.45, 2.75) is 13.1 Å². The number of benzene rings is 1. The lowest BCUT2D eigenvalue weighted by atomic mass is 10.1. The van der Waals surface area contributed by atoms with Gasteiger partial charge in [-0.3, -0.25) is 0 Å². The average molecular weight is 317 g/mol. The summed E-state index contributed by atoms with van der Waals surface area (Å²) in [5, 5.41) is 9.80. The van der Waals surface area contributed by atoms with E-state index in [-0.39, 0.29) is 5.88 Å². The van der Waals surface area contributed by atoms with Crippen LogP contribution >= 0.6 is 0 Å². The molecule has 0 fully saturated rings. The molecule has 0 amide bonds. The second kappa shape index (κ2) is 5.32. The Hall–Kier alpha value is -3.01. The van der Waals surface area contributed by atoms with E-state index in [9.17, 15) is 13.2 Å². The first-order valence-electron chi connectivity index (χ1n) is 6.62. The Morgan fingerprint density at radius 3 is 2.61 bits per heavy atom. The lowest BCUT2D eigenvalue weighted by molar-refractivity contribution is -0.137. The van der Waals surface area contributed by atoms with Crippen molar-refractivity contribution in [2.75, 3.05) is 0 Å². The Balaban J connectivity index is 1.98. The predicted octanol–water partition coefficient (Wildman–Crippen LogP) is 4.55. The summed E-state index contributed by atoms with van der Waals surface area (Å²) in [4.78, 5) is 6.75. The second-order valence-electron chi connectivity index (χ2n) is 4.95. The molecule has 0 saturated heterocycles. The van der Waals surface area contributed by atoms with Crippen molar-refractivity contribution in [3.8, 4) is 17.7 Å². The van der Waals surface area contributed by atoms with E-state index in [1.165, 1.54) is 0 Å². The van der Waals surface area contributed by atoms with Crippen LogP contribution in [0.4, 0.5) is 13.2 Å². The topological polar surface area (TPSA) is 61.7 Å². The fraction of sp³-hybridized carbons (Fsp3) is 0.125. The molecule has 0 atom stereocenters. The number of hydrogen-bond acceptors (Lipinski definition) is 3. The van der Waals surface area contributed by atoms with E-state index in [2.05, 4.69) is 16.0 Å². The van der Waals surface area contributed by atoms with Crippen LogP contribution in [0.1, 0.15) is 16.8 Å². The van der Waals surface area contributed by atoms with Gasteiger partial charge in [0.1, 0.15) is 0 Å². The minimum absolute atomic E-state index is 0.0382. The largest absolute Gasteiger partial charge is 0.437 e. The molecule has 0 saturated carbocycles. The van der Waals surface area contributed by atoms with Crippen molar-refractivity contribution in [3.63, 3.8) is 0 Å². The Kier molecular flexibility index (Phi) is 3.45. The Morgan fingerprint density at radius 1 is 1.22 bits per heavy atom. The summed E-state index contributed by atoms with van der Waals surface area (Å²) >= 11 is 0. The molecule has 2 aromatic heterocycles. The van der Waals surface area contributed by atoms with Gasteiger partial charge in [-0.25, -0.2) is 4.98 Å². The number of alkyl halides is 3. The molecule has 2 heterocycles. The summed E-state index contributed by atoms with van der Waals surface area (Å²) in [7, 11) is 0. The molecule has 7 heteroatoms. The predicted molar refractivity (Wildman–Crippen MR) is 77.1 cm³/mol. The number of aryl methyl sites for hydroxylation is 1. The van der Waals surface area contributed by atoms with Gasteiger partial charge < -0.3 is 9.72 Å². The maximum absolute atomic E-state index is 12.5. The standard InChI is InChI=1S/C16H10F3N3O/c1-9-6-12-10(7-20)2-4-13(15(12)22-9)23-14-5-3-11(8-21-14)16(17,18)19/h2-6,8,22H,1H3. The first-order valence-corrected chi connectivity index (χ1v) is 6.62. The minimum Gasteiger partial charge on any atom is -0.437 e. The maximum Gasteiger partial charge on any atom is 0.417 e. The zero-order valence-corrected chi connectivity index (χ0v) is 11.9. The van der Waals surface area contributed by atoms with Crippen LogP contribution in [-0.4, -0.2) is 9.97 Å². The van der Waals surface area contributed by atoms with Gasteiger partial charge >= 0.3 is 6.18 Å². The Labute approximate surface area is 129 Å². The van der Waals surface area contributed by atoms with Crippen LogP contribution in [0.25, 0.3) is 10.9 Å². The molecule has 23 heavy (non-hydrogen) atoms. The number of hydrogen-bond donors (Lipinski definition) is 1. The number of halogens is 3. The molecule has 4 nitrogen and oxygen atoms in total. The number of nitriles is 1. The van der Waals surface area contributed by atoms with Gasteiger partial charge in [-0.15, -0.1) is 0 Å². The van der Waals surface area contributed by atoms with E-state index < -0.39 is 11.7 Å². The molecule has 1 N–H and O–H groups in total. The number of aromatic nitrogens is 2. The van der Waals surface area contributed by atoms with Crippen LogP contribution < -0.4 is 4.74 Å². The SMILES string of the molecule is Cc1cc2c(C#N)ccc(Oc3ccc(C(F)(F)F)cn3)c2[nH]1. The maximum atomic E-state index is 12.5. The highest BCUT2D eigenvalue weighted by molar-refractivity contribution is 5.91. The molecular weight excluding hydrogens is 307 g/mol. The summed E-state index contributed by atoms with van der Waals surface area (Å²) in [6.45, 7) is 1.83. The fourth-order valence-corrected chi connectivity index (χ4v) is 2.23. The molecule has 0 aliphatic carbocycles. The van der Waals surface area contributed by atoms with Crippen LogP contribution in [0.5, 0.6) is 11.6 Å². The fourth-order valence-electron chi connectivity index (χ4n) is 2.23. The first kappa shape index (κ1) is 14.9. The molecule has 116 valence electrons. The lowest BCUT2D eigenvalue weighted by Gasteiger charge is -2.09. The van der Waals surface area contributed by atoms with Gasteiger partial charge in [-0.1, -0.05) is 0 Å². The molecule has 0 spiro atoms. The number of rotatable bonds is 2. The molecular formula is C16H10F3N3O. The monoisotopic (exact) mass is 317 g/mol. The zero-order valence-electron chi connectivity index (χ0n) is 11.9. The summed E-state index contributed by atoms with van der Waals surface area (Å²) in [6.07, 6.45) is -3.72. The van der Waals surface area contributed by atoms with Gasteiger partial charge in [0.2, 0.25) is 5.88 Å². The molecule has 3 aromatic rings. The zero-order chi connectivity index (χ0) is 16.6. The summed E-state index contributed by atoms with van der Waals surface area (Å²) in [5.41, 5.74) is 1.08. The van der Waals surface area contributed by atoms with Crippen LogP contribution in [-0.2, 0) is 6.18 Å². The van der Waals surface area contributed by atoms with Gasteiger partial charge in [0, 0.05) is 23.3 Å². The third-order valence-corrected chi connectivity index (χ3v) is 3.29. The van der Waals surface area contributed by atoms with Crippen molar-refractivity contribution in [3.05, 3.63) is 53.3 Å². The van der Waals surface area contributed by atoms with Gasteiger partial charge in [0.15, 0.2) is 5.75 Å². The van der Waals surface area contributed by atoms with E-state index in [0.29, 0.717) is 22.2 Å². The number of fused-ring (bicyclic) bond motifs is 1. The molecule has 0 aliphatic heterocycles. The van der Waals surface area contributed by atoms with Crippen molar-refractivity contribution < 1.29 is 17.9 Å². The highest BCUT2D eigenvalue weighted by atomic mass is 19.4. The van der Waals surface area contributed by atoms with Gasteiger partial charge in [0.25, 0.3) is 0 Å². The van der Waals surface area contributed by atoms with Gasteiger partial charge in [-0.05, 0) is 31.2 Å². The quantitative estimate of drug-likeness (QED) is 0.754. The molecule has 0 unspecified atom stereocenters. The normalized spacial score (nSPS) is 11.4. The number of nitrogens with one attached hydrogen (secondary N) is 1. The highest BCUT2D eigenvalue weighted by Gasteiger charge is 2.30. The van der Waals surface area contributed by atoms with E-state index in [1.807, 2.05) is 6.92 Å². The second-order valence-corrected chi connectivity index (χ2v) is 4.95. The van der Waals surface area contributed by atoms with Gasteiger partial charge in [-0.2, -0.15) is 18.4 Å². The average Bonchev–Trinajstić information content (AvgIpc) is 2.89. The Morgan fingerprint density at radius 2 is 2.00 bits per heavy atom. The molecule has 0 aliphatic rings. The van der Waals surface area contributed by atoms with Gasteiger partial charge in [0.05, 0.1) is 22.7 Å². The van der Waals surface area contributed by atoms with Crippen molar-refractivity contribution in [1.82, 2.24) is 9.97 Å². The van der Waals surface area contributed by atoms with E-state index in [1.54, 1.807) is 18.2 Å². The number of H-pyrrole nitrogens is 1. The molecule has 3 rings (SSSR count). The van der Waals surface area contributed by atoms with E-state index in [0.717, 1.165) is 24.0 Å². The number of ether oxygens (including phenoxy) is 1.